The van der Waals surface area contributed by atoms with E-state index in [1.54, 1.807) is 54.6 Å². The number of carbonyl (C=O) groups is 1. The summed E-state index contributed by atoms with van der Waals surface area (Å²) < 4.78 is 14.7. The van der Waals surface area contributed by atoms with Crippen LogP contribution in [0.25, 0.3) is 11.9 Å². The molecule has 0 unspecified atom stereocenters. The average molecular weight is 336 g/mol. The molecule has 0 radical (unpaired) electrons. The number of hydrogen-bond donors (Lipinski definition) is 1. The zero-order chi connectivity index (χ0) is 17.6. The van der Waals surface area contributed by atoms with Crippen molar-refractivity contribution < 1.29 is 9.18 Å². The Morgan fingerprint density at radius 3 is 2.76 bits per heavy atom. The summed E-state index contributed by atoms with van der Waals surface area (Å²) in [6, 6.07) is 9.72. The van der Waals surface area contributed by atoms with E-state index >= 15 is 0 Å². The molecule has 1 aromatic carbocycles. The molecule has 3 rings (SSSR count). The Hall–Kier alpha value is -3.28. The molecule has 1 amide bonds. The Balaban J connectivity index is 1.69. The van der Waals surface area contributed by atoms with Crippen molar-refractivity contribution in [1.29, 1.82) is 0 Å². The predicted molar refractivity (Wildman–Crippen MR) is 93.3 cm³/mol. The van der Waals surface area contributed by atoms with E-state index in [-0.39, 0.29) is 11.7 Å². The van der Waals surface area contributed by atoms with Gasteiger partial charge in [-0.1, -0.05) is 18.2 Å². The lowest BCUT2D eigenvalue weighted by Gasteiger charge is -2.10. The largest absolute Gasteiger partial charge is 0.348 e. The lowest BCUT2D eigenvalue weighted by Crippen LogP contribution is -2.24. The van der Waals surface area contributed by atoms with Gasteiger partial charge in [0.1, 0.15) is 18.0 Å². The van der Waals surface area contributed by atoms with Crippen LogP contribution in [0.5, 0.6) is 0 Å². The van der Waals surface area contributed by atoms with Gasteiger partial charge in [0, 0.05) is 36.3 Å². The van der Waals surface area contributed by atoms with Gasteiger partial charge in [-0.2, -0.15) is 0 Å². The standard InChI is InChI=1S/C19H17FN4O/c1-14(11-15-4-6-17(20)7-5-15)19(25)23-12-16-3-2-8-22-18(16)24-10-9-21-13-24/h2-11,13H,12H2,1H3,(H,23,25)/b14-11-. The van der Waals surface area contributed by atoms with Crippen molar-refractivity contribution in [2.24, 2.45) is 0 Å². The third-order valence-corrected chi connectivity index (χ3v) is 3.67. The number of aromatic nitrogens is 3. The van der Waals surface area contributed by atoms with Gasteiger partial charge in [-0.3, -0.25) is 9.36 Å². The Morgan fingerprint density at radius 2 is 2.04 bits per heavy atom. The third kappa shape index (κ3) is 4.17. The highest BCUT2D eigenvalue weighted by Gasteiger charge is 2.08. The monoisotopic (exact) mass is 336 g/mol. The molecule has 126 valence electrons. The number of carbonyl (C=O) groups excluding carboxylic acids is 1. The van der Waals surface area contributed by atoms with Crippen molar-refractivity contribution in [2.75, 3.05) is 0 Å². The van der Waals surface area contributed by atoms with Gasteiger partial charge >= 0.3 is 0 Å². The zero-order valence-corrected chi connectivity index (χ0v) is 13.7. The highest BCUT2D eigenvalue weighted by molar-refractivity contribution is 5.97. The molecule has 0 aliphatic carbocycles. The van der Waals surface area contributed by atoms with Gasteiger partial charge < -0.3 is 5.32 Å². The van der Waals surface area contributed by atoms with Crippen LogP contribution in [0.2, 0.25) is 0 Å². The maximum Gasteiger partial charge on any atom is 0.247 e. The lowest BCUT2D eigenvalue weighted by molar-refractivity contribution is -0.117. The van der Waals surface area contributed by atoms with Crippen LogP contribution in [0.15, 0.2) is 66.9 Å². The molecule has 0 saturated carbocycles. The summed E-state index contributed by atoms with van der Waals surface area (Å²) in [5, 5.41) is 2.88. The van der Waals surface area contributed by atoms with Gasteiger partial charge in [0.15, 0.2) is 0 Å². The number of hydrogen-bond acceptors (Lipinski definition) is 3. The van der Waals surface area contributed by atoms with E-state index in [0.29, 0.717) is 12.1 Å². The van der Waals surface area contributed by atoms with E-state index in [4.69, 9.17) is 0 Å². The highest BCUT2D eigenvalue weighted by Crippen LogP contribution is 2.12. The Kier molecular flexibility index (Phi) is 4.99. The van der Waals surface area contributed by atoms with E-state index in [1.165, 1.54) is 12.1 Å². The minimum Gasteiger partial charge on any atom is -0.348 e. The predicted octanol–water partition coefficient (Wildman–Crippen LogP) is 3.13. The molecule has 2 heterocycles. The Labute approximate surface area is 144 Å². The lowest BCUT2D eigenvalue weighted by atomic mass is 10.1. The van der Waals surface area contributed by atoms with Gasteiger partial charge in [-0.25, -0.2) is 14.4 Å². The van der Waals surface area contributed by atoms with Crippen LogP contribution in [-0.2, 0) is 11.3 Å². The van der Waals surface area contributed by atoms with E-state index in [2.05, 4.69) is 15.3 Å². The topological polar surface area (TPSA) is 59.8 Å². The molecule has 0 fully saturated rings. The van der Waals surface area contributed by atoms with Crippen LogP contribution in [0.1, 0.15) is 18.1 Å². The van der Waals surface area contributed by atoms with Crippen LogP contribution in [0.4, 0.5) is 4.39 Å². The molecule has 25 heavy (non-hydrogen) atoms. The number of benzene rings is 1. The van der Waals surface area contributed by atoms with Gasteiger partial charge in [0.05, 0.1) is 0 Å². The van der Waals surface area contributed by atoms with Crippen LogP contribution < -0.4 is 5.32 Å². The first-order chi connectivity index (χ1) is 12.1. The number of pyridine rings is 1. The zero-order valence-electron chi connectivity index (χ0n) is 13.7. The molecule has 3 aromatic rings. The molecular formula is C19H17FN4O. The summed E-state index contributed by atoms with van der Waals surface area (Å²) >= 11 is 0. The van der Waals surface area contributed by atoms with Crippen molar-refractivity contribution in [3.8, 4) is 5.82 Å². The highest BCUT2D eigenvalue weighted by atomic mass is 19.1. The van der Waals surface area contributed by atoms with E-state index in [0.717, 1.165) is 16.9 Å². The second kappa shape index (κ2) is 7.53. The summed E-state index contributed by atoms with van der Waals surface area (Å²) in [4.78, 5) is 20.6. The van der Waals surface area contributed by atoms with E-state index in [9.17, 15) is 9.18 Å². The summed E-state index contributed by atoms with van der Waals surface area (Å²) in [7, 11) is 0. The first-order valence-corrected chi connectivity index (χ1v) is 7.78. The molecular weight excluding hydrogens is 319 g/mol. The normalized spacial score (nSPS) is 11.4. The first kappa shape index (κ1) is 16.6. The molecule has 0 aliphatic heterocycles. The van der Waals surface area contributed by atoms with Crippen LogP contribution in [0, 0.1) is 5.82 Å². The minimum atomic E-state index is -0.303. The first-order valence-electron chi connectivity index (χ1n) is 7.78. The molecule has 0 spiro atoms. The van der Waals surface area contributed by atoms with E-state index in [1.807, 2.05) is 12.1 Å². The van der Waals surface area contributed by atoms with Gasteiger partial charge in [-0.15, -0.1) is 0 Å². The van der Waals surface area contributed by atoms with Crippen molar-refractivity contribution >= 4 is 12.0 Å². The Morgan fingerprint density at radius 1 is 1.24 bits per heavy atom. The SMILES string of the molecule is C/C(=C/c1ccc(F)cc1)C(=O)NCc1cccnc1-n1ccnc1. The summed E-state index contributed by atoms with van der Waals surface area (Å²) in [5.41, 5.74) is 2.19. The maximum atomic E-state index is 12.9. The third-order valence-electron chi connectivity index (χ3n) is 3.67. The molecule has 2 aromatic heterocycles. The second-order valence-electron chi connectivity index (χ2n) is 5.52. The minimum absolute atomic E-state index is 0.190. The summed E-state index contributed by atoms with van der Waals surface area (Å²) in [5.74, 6) is 0.230. The number of amides is 1. The molecule has 0 aliphatic rings. The second-order valence-corrected chi connectivity index (χ2v) is 5.52. The number of imidazole rings is 1. The average Bonchev–Trinajstić information content (AvgIpc) is 3.16. The van der Waals surface area contributed by atoms with Crippen molar-refractivity contribution in [3.63, 3.8) is 0 Å². The molecule has 1 N–H and O–H groups in total. The van der Waals surface area contributed by atoms with Crippen molar-refractivity contribution in [2.45, 2.75) is 13.5 Å². The van der Waals surface area contributed by atoms with Crippen LogP contribution in [0.3, 0.4) is 0 Å². The molecule has 0 saturated heterocycles. The maximum absolute atomic E-state index is 12.9. The van der Waals surface area contributed by atoms with Crippen LogP contribution >= 0.6 is 0 Å². The molecule has 0 bridgehead atoms. The van der Waals surface area contributed by atoms with E-state index < -0.39 is 0 Å². The quantitative estimate of drug-likeness (QED) is 0.728. The fourth-order valence-electron chi connectivity index (χ4n) is 2.37. The summed E-state index contributed by atoms with van der Waals surface area (Å²) in [6.45, 7) is 2.06. The number of rotatable bonds is 5. The van der Waals surface area contributed by atoms with Crippen molar-refractivity contribution in [3.05, 3.63) is 83.8 Å². The molecule has 0 atom stereocenters. The fraction of sp³-hybridized carbons (Fsp3) is 0.105. The number of nitrogens with one attached hydrogen (secondary N) is 1. The number of nitrogens with zero attached hydrogens (tertiary/aromatic N) is 3. The van der Waals surface area contributed by atoms with Crippen LogP contribution in [-0.4, -0.2) is 20.4 Å². The smallest absolute Gasteiger partial charge is 0.247 e. The number of halogens is 1. The van der Waals surface area contributed by atoms with Crippen molar-refractivity contribution in [1.82, 2.24) is 19.9 Å². The molecule has 5 nitrogen and oxygen atoms in total. The van der Waals surface area contributed by atoms with Gasteiger partial charge in [0.2, 0.25) is 5.91 Å². The van der Waals surface area contributed by atoms with Gasteiger partial charge in [-0.05, 0) is 36.8 Å². The summed E-state index contributed by atoms with van der Waals surface area (Å²) in [6.07, 6.45) is 8.54. The fourth-order valence-corrected chi connectivity index (χ4v) is 2.37. The molecule has 6 heteroatoms. The Bertz CT molecular complexity index is 886. The van der Waals surface area contributed by atoms with Gasteiger partial charge in [0.25, 0.3) is 0 Å².